The number of nitrogens with two attached hydrogens (primary N) is 1. The van der Waals surface area contributed by atoms with Crippen LogP contribution in [0.1, 0.15) is 18.5 Å². The molecule has 78 valence electrons. The largest absolute Gasteiger partial charge is 0.486 e. The van der Waals surface area contributed by atoms with Crippen LogP contribution in [0, 0.1) is 17.3 Å². The van der Waals surface area contributed by atoms with Gasteiger partial charge in [0.2, 0.25) is 0 Å². The van der Waals surface area contributed by atoms with E-state index in [1.807, 2.05) is 0 Å². The van der Waals surface area contributed by atoms with Crippen molar-refractivity contribution in [3.8, 4) is 11.8 Å². The minimum absolute atomic E-state index is 0.0239. The Bertz CT molecular complexity index is 410. The van der Waals surface area contributed by atoms with E-state index in [2.05, 4.69) is 4.98 Å². The molecule has 1 aromatic rings. The molecule has 0 aromatic carbocycles. The van der Waals surface area contributed by atoms with Gasteiger partial charge in [0, 0.05) is 6.04 Å². The Morgan fingerprint density at radius 2 is 2.27 bits per heavy atom. The molecule has 2 N–H and O–H groups in total. The fourth-order valence-electron chi connectivity index (χ4n) is 1.45. The number of hydrogen-bond donors (Lipinski definition) is 1. The second-order valence-electron chi connectivity index (χ2n) is 3.57. The van der Waals surface area contributed by atoms with Gasteiger partial charge in [-0.3, -0.25) is 0 Å². The van der Waals surface area contributed by atoms with Crippen molar-refractivity contribution in [3.05, 3.63) is 23.8 Å². The maximum Gasteiger partial charge on any atom is 0.256 e. The van der Waals surface area contributed by atoms with Gasteiger partial charge in [-0.1, -0.05) is 0 Å². The van der Waals surface area contributed by atoms with Gasteiger partial charge in [0.25, 0.3) is 5.95 Å². The summed E-state index contributed by atoms with van der Waals surface area (Å²) in [4.78, 5) is 3.44. The maximum absolute atomic E-state index is 13.2. The second-order valence-corrected chi connectivity index (χ2v) is 3.57. The number of hydrogen-bond acceptors (Lipinski definition) is 4. The van der Waals surface area contributed by atoms with E-state index < -0.39 is 5.95 Å². The Morgan fingerprint density at radius 3 is 2.80 bits per heavy atom. The molecule has 4 nitrogen and oxygen atoms in total. The molecule has 1 aliphatic carbocycles. The van der Waals surface area contributed by atoms with Crippen LogP contribution in [0.25, 0.3) is 0 Å². The van der Waals surface area contributed by atoms with E-state index in [9.17, 15) is 4.39 Å². The Kier molecular flexibility index (Phi) is 2.52. The van der Waals surface area contributed by atoms with Gasteiger partial charge in [-0.05, 0) is 25.0 Å². The standard InChI is InChI=1S/C10H10FN3O/c11-10-9(2-1-7(5-12)14-10)15-8-3-6(13)4-8/h1-2,6,8H,3-4,13H2. The van der Waals surface area contributed by atoms with Crippen LogP contribution < -0.4 is 10.5 Å². The fourth-order valence-corrected chi connectivity index (χ4v) is 1.45. The van der Waals surface area contributed by atoms with Crippen molar-refractivity contribution >= 4 is 0 Å². The zero-order valence-electron chi connectivity index (χ0n) is 7.98. The zero-order valence-corrected chi connectivity index (χ0v) is 7.98. The molecule has 2 rings (SSSR count). The highest BCUT2D eigenvalue weighted by molar-refractivity contribution is 5.28. The van der Waals surface area contributed by atoms with Crippen LogP contribution in [0.5, 0.6) is 5.75 Å². The summed E-state index contributed by atoms with van der Waals surface area (Å²) < 4.78 is 18.6. The molecule has 1 aromatic heterocycles. The summed E-state index contributed by atoms with van der Waals surface area (Å²) in [5, 5.41) is 8.49. The lowest BCUT2D eigenvalue weighted by Gasteiger charge is -2.32. The SMILES string of the molecule is N#Cc1ccc(OC2CC(N)C2)c(F)n1. The number of nitriles is 1. The van der Waals surface area contributed by atoms with Crippen molar-refractivity contribution in [2.24, 2.45) is 5.73 Å². The minimum Gasteiger partial charge on any atom is -0.486 e. The van der Waals surface area contributed by atoms with Gasteiger partial charge in [-0.15, -0.1) is 0 Å². The lowest BCUT2D eigenvalue weighted by Crippen LogP contribution is -2.43. The van der Waals surface area contributed by atoms with Gasteiger partial charge in [0.15, 0.2) is 5.75 Å². The van der Waals surface area contributed by atoms with E-state index in [4.69, 9.17) is 15.7 Å². The van der Waals surface area contributed by atoms with Crippen LogP contribution >= 0.6 is 0 Å². The number of ether oxygens (including phenoxy) is 1. The smallest absolute Gasteiger partial charge is 0.256 e. The summed E-state index contributed by atoms with van der Waals surface area (Å²) in [6.07, 6.45) is 1.45. The molecule has 0 spiro atoms. The summed E-state index contributed by atoms with van der Waals surface area (Å²) in [6.45, 7) is 0. The third-order valence-corrected chi connectivity index (χ3v) is 2.35. The van der Waals surface area contributed by atoms with Gasteiger partial charge >= 0.3 is 0 Å². The molecule has 0 bridgehead atoms. The highest BCUT2D eigenvalue weighted by Gasteiger charge is 2.28. The Morgan fingerprint density at radius 1 is 1.53 bits per heavy atom. The highest BCUT2D eigenvalue weighted by atomic mass is 19.1. The number of halogens is 1. The molecule has 5 heteroatoms. The zero-order chi connectivity index (χ0) is 10.8. The number of pyridine rings is 1. The first-order chi connectivity index (χ1) is 7.19. The molecule has 1 heterocycles. The summed E-state index contributed by atoms with van der Waals surface area (Å²) in [7, 11) is 0. The second kappa shape index (κ2) is 3.83. The van der Waals surface area contributed by atoms with Crippen LogP contribution in [0.4, 0.5) is 4.39 Å². The third kappa shape index (κ3) is 2.05. The van der Waals surface area contributed by atoms with Crippen molar-refractivity contribution in [1.29, 1.82) is 5.26 Å². The molecule has 0 aliphatic heterocycles. The van der Waals surface area contributed by atoms with Crippen molar-refractivity contribution in [3.63, 3.8) is 0 Å². The molecule has 1 fully saturated rings. The quantitative estimate of drug-likeness (QED) is 0.733. The van der Waals surface area contributed by atoms with Crippen molar-refractivity contribution in [2.45, 2.75) is 25.0 Å². The summed E-state index contributed by atoms with van der Waals surface area (Å²) in [5.41, 5.74) is 5.62. The van der Waals surface area contributed by atoms with E-state index in [-0.39, 0.29) is 23.6 Å². The number of aromatic nitrogens is 1. The van der Waals surface area contributed by atoms with Crippen LogP contribution in [0.15, 0.2) is 12.1 Å². The first-order valence-corrected chi connectivity index (χ1v) is 4.68. The molecule has 0 radical (unpaired) electrons. The molecule has 0 amide bonds. The van der Waals surface area contributed by atoms with E-state index in [1.54, 1.807) is 6.07 Å². The van der Waals surface area contributed by atoms with Crippen molar-refractivity contribution < 1.29 is 9.13 Å². The summed E-state index contributed by atoms with van der Waals surface area (Å²) in [5.74, 6) is -0.652. The highest BCUT2D eigenvalue weighted by Crippen LogP contribution is 2.25. The average Bonchev–Trinajstić information content (AvgIpc) is 2.18. The molecule has 0 unspecified atom stereocenters. The van der Waals surface area contributed by atoms with Crippen LogP contribution in [0.3, 0.4) is 0 Å². The summed E-state index contributed by atoms with van der Waals surface area (Å²) in [6, 6.07) is 4.76. The number of rotatable bonds is 2. The minimum atomic E-state index is -0.741. The van der Waals surface area contributed by atoms with Gasteiger partial charge in [0.05, 0.1) is 0 Å². The number of nitrogens with zero attached hydrogens (tertiary/aromatic N) is 2. The van der Waals surface area contributed by atoms with Gasteiger partial charge in [0.1, 0.15) is 17.9 Å². The van der Waals surface area contributed by atoms with Crippen LogP contribution in [-0.2, 0) is 0 Å². The molecule has 0 saturated heterocycles. The molecule has 1 saturated carbocycles. The van der Waals surface area contributed by atoms with Crippen molar-refractivity contribution in [1.82, 2.24) is 4.98 Å². The Balaban J connectivity index is 2.06. The van der Waals surface area contributed by atoms with Crippen LogP contribution in [0.2, 0.25) is 0 Å². The lowest BCUT2D eigenvalue weighted by atomic mass is 9.90. The van der Waals surface area contributed by atoms with E-state index in [0.29, 0.717) is 0 Å². The van der Waals surface area contributed by atoms with E-state index in [0.717, 1.165) is 12.8 Å². The van der Waals surface area contributed by atoms with Gasteiger partial charge < -0.3 is 10.5 Å². The Labute approximate surface area is 86.5 Å². The normalized spacial score (nSPS) is 24.1. The van der Waals surface area contributed by atoms with Gasteiger partial charge in [-0.25, -0.2) is 4.98 Å². The maximum atomic E-state index is 13.2. The first kappa shape index (κ1) is 9.87. The predicted octanol–water partition coefficient (Wildman–Crippen LogP) is 0.961. The average molecular weight is 207 g/mol. The lowest BCUT2D eigenvalue weighted by molar-refractivity contribution is 0.0951. The Hall–Kier alpha value is -1.67. The summed E-state index contributed by atoms with van der Waals surface area (Å²) >= 11 is 0. The predicted molar refractivity (Wildman–Crippen MR) is 50.5 cm³/mol. The molecular formula is C10H10FN3O. The first-order valence-electron chi connectivity index (χ1n) is 4.68. The molecule has 1 aliphatic rings. The monoisotopic (exact) mass is 207 g/mol. The van der Waals surface area contributed by atoms with Crippen molar-refractivity contribution in [2.75, 3.05) is 0 Å². The van der Waals surface area contributed by atoms with E-state index >= 15 is 0 Å². The van der Waals surface area contributed by atoms with E-state index in [1.165, 1.54) is 12.1 Å². The third-order valence-electron chi connectivity index (χ3n) is 2.35. The molecule has 0 atom stereocenters. The molecular weight excluding hydrogens is 197 g/mol. The molecule has 15 heavy (non-hydrogen) atoms. The van der Waals surface area contributed by atoms with Gasteiger partial charge in [-0.2, -0.15) is 9.65 Å². The fraction of sp³-hybridized carbons (Fsp3) is 0.400. The topological polar surface area (TPSA) is 71.9 Å². The van der Waals surface area contributed by atoms with Crippen LogP contribution in [-0.4, -0.2) is 17.1 Å².